The Balaban J connectivity index is 2.57. The van der Waals surface area contributed by atoms with Gasteiger partial charge in [-0.1, -0.05) is 23.7 Å². The molecule has 0 aliphatic rings. The van der Waals surface area contributed by atoms with Gasteiger partial charge in [0.15, 0.2) is 0 Å². The van der Waals surface area contributed by atoms with Gasteiger partial charge in [-0.15, -0.1) is 0 Å². The molecule has 0 aliphatic carbocycles. The number of halogens is 5. The molecule has 1 aromatic rings. The molecule has 94 valence electrons. The Morgan fingerprint density at radius 1 is 1.29 bits per heavy atom. The third kappa shape index (κ3) is 3.59. The highest BCUT2D eigenvalue weighted by Gasteiger charge is 2.48. The molecule has 0 saturated carbocycles. The van der Waals surface area contributed by atoms with Crippen molar-refractivity contribution >= 4 is 17.5 Å². The summed E-state index contributed by atoms with van der Waals surface area (Å²) in [5.74, 6) is -6.67. The van der Waals surface area contributed by atoms with Crippen LogP contribution in [0.3, 0.4) is 0 Å². The molecule has 1 amide bonds. The average molecular weight is 270 g/mol. The highest BCUT2D eigenvalue weighted by Crippen LogP contribution is 2.22. The summed E-state index contributed by atoms with van der Waals surface area (Å²) in [6, 6.07) is 5.97. The summed E-state index contributed by atoms with van der Waals surface area (Å²) in [5.41, 5.74) is 0.479. The Morgan fingerprint density at radius 2 is 1.82 bits per heavy atom. The van der Waals surface area contributed by atoms with Gasteiger partial charge in [0.1, 0.15) is 0 Å². The van der Waals surface area contributed by atoms with E-state index < -0.39 is 18.3 Å². The Bertz CT molecular complexity index is 394. The number of amides is 1. The van der Waals surface area contributed by atoms with Crippen LogP contribution in [0.25, 0.3) is 0 Å². The number of hydrogen-bond acceptors (Lipinski definition) is 1. The second-order valence-electron chi connectivity index (χ2n) is 3.23. The SMILES string of the molecule is O=C(NCc1ccc(Cl)cc1)C(F)(F)C(F)F. The maximum absolute atomic E-state index is 12.5. The fraction of sp³-hybridized carbons (Fsp3) is 0.300. The van der Waals surface area contributed by atoms with Crippen LogP contribution < -0.4 is 5.32 Å². The van der Waals surface area contributed by atoms with Gasteiger partial charge in [0.2, 0.25) is 0 Å². The zero-order valence-corrected chi connectivity index (χ0v) is 9.15. The fourth-order valence-corrected chi connectivity index (χ4v) is 1.13. The minimum Gasteiger partial charge on any atom is -0.347 e. The van der Waals surface area contributed by atoms with Gasteiger partial charge in [-0.05, 0) is 17.7 Å². The van der Waals surface area contributed by atoms with E-state index in [2.05, 4.69) is 0 Å². The van der Waals surface area contributed by atoms with Gasteiger partial charge in [-0.3, -0.25) is 4.79 Å². The first-order valence-corrected chi connectivity index (χ1v) is 4.90. The minimum atomic E-state index is -4.67. The highest BCUT2D eigenvalue weighted by atomic mass is 35.5. The number of carbonyl (C=O) groups excluding carboxylic acids is 1. The molecule has 1 N–H and O–H groups in total. The third-order valence-electron chi connectivity index (χ3n) is 1.94. The Labute approximate surface area is 99.6 Å². The van der Waals surface area contributed by atoms with Crippen molar-refractivity contribution in [1.29, 1.82) is 0 Å². The van der Waals surface area contributed by atoms with E-state index in [1.807, 2.05) is 0 Å². The zero-order valence-electron chi connectivity index (χ0n) is 8.39. The van der Waals surface area contributed by atoms with Crippen LogP contribution in [0.5, 0.6) is 0 Å². The van der Waals surface area contributed by atoms with Crippen LogP contribution in [0.15, 0.2) is 24.3 Å². The van der Waals surface area contributed by atoms with Gasteiger partial charge >= 0.3 is 12.3 Å². The zero-order chi connectivity index (χ0) is 13.1. The van der Waals surface area contributed by atoms with E-state index in [0.29, 0.717) is 10.6 Å². The van der Waals surface area contributed by atoms with E-state index in [1.165, 1.54) is 24.3 Å². The molecule has 0 fully saturated rings. The molecule has 2 nitrogen and oxygen atoms in total. The molecular weight excluding hydrogens is 262 g/mol. The predicted molar refractivity (Wildman–Crippen MR) is 54.2 cm³/mol. The van der Waals surface area contributed by atoms with E-state index in [9.17, 15) is 22.4 Å². The summed E-state index contributed by atoms with van der Waals surface area (Å²) < 4.78 is 48.7. The van der Waals surface area contributed by atoms with E-state index >= 15 is 0 Å². The number of hydrogen-bond donors (Lipinski definition) is 1. The lowest BCUT2D eigenvalue weighted by Gasteiger charge is -2.14. The van der Waals surface area contributed by atoms with Crippen molar-refractivity contribution in [1.82, 2.24) is 5.32 Å². The lowest BCUT2D eigenvalue weighted by atomic mass is 10.2. The average Bonchev–Trinajstić information content (AvgIpc) is 2.27. The Hall–Kier alpha value is -1.30. The summed E-state index contributed by atoms with van der Waals surface area (Å²) in [6.45, 7) is -0.266. The second-order valence-corrected chi connectivity index (χ2v) is 3.67. The van der Waals surface area contributed by atoms with E-state index in [4.69, 9.17) is 11.6 Å². The second kappa shape index (κ2) is 5.35. The number of carbonyl (C=O) groups is 1. The van der Waals surface area contributed by atoms with E-state index in [-0.39, 0.29) is 6.54 Å². The van der Waals surface area contributed by atoms with E-state index in [1.54, 1.807) is 5.32 Å². The molecule has 17 heavy (non-hydrogen) atoms. The van der Waals surface area contributed by atoms with Crippen LogP contribution in [-0.2, 0) is 11.3 Å². The third-order valence-corrected chi connectivity index (χ3v) is 2.20. The maximum atomic E-state index is 12.5. The monoisotopic (exact) mass is 269 g/mol. The molecule has 0 spiro atoms. The number of alkyl halides is 4. The van der Waals surface area contributed by atoms with Gasteiger partial charge in [-0.25, -0.2) is 8.78 Å². The van der Waals surface area contributed by atoms with Crippen molar-refractivity contribution in [2.45, 2.75) is 18.9 Å². The molecule has 0 aromatic heterocycles. The van der Waals surface area contributed by atoms with Crippen molar-refractivity contribution in [2.24, 2.45) is 0 Å². The largest absolute Gasteiger partial charge is 0.383 e. The summed E-state index contributed by atoms with van der Waals surface area (Å²) in [7, 11) is 0. The molecule has 7 heteroatoms. The molecule has 0 saturated heterocycles. The molecule has 0 bridgehead atoms. The smallest absolute Gasteiger partial charge is 0.347 e. The minimum absolute atomic E-state index is 0.266. The summed E-state index contributed by atoms with van der Waals surface area (Å²) in [4.78, 5) is 10.8. The van der Waals surface area contributed by atoms with Gasteiger partial charge in [0.05, 0.1) is 0 Å². The Morgan fingerprint density at radius 3 is 2.29 bits per heavy atom. The fourth-order valence-electron chi connectivity index (χ4n) is 1.00. The molecule has 1 rings (SSSR count). The van der Waals surface area contributed by atoms with Crippen molar-refractivity contribution in [3.05, 3.63) is 34.9 Å². The maximum Gasteiger partial charge on any atom is 0.383 e. The molecule has 0 radical (unpaired) electrons. The number of nitrogens with one attached hydrogen (secondary N) is 1. The van der Waals surface area contributed by atoms with Crippen molar-refractivity contribution < 1.29 is 22.4 Å². The van der Waals surface area contributed by atoms with E-state index in [0.717, 1.165) is 0 Å². The molecule has 0 atom stereocenters. The van der Waals surface area contributed by atoms with Gasteiger partial charge in [0, 0.05) is 11.6 Å². The molecule has 1 aromatic carbocycles. The van der Waals surface area contributed by atoms with Gasteiger partial charge in [0.25, 0.3) is 5.91 Å². The van der Waals surface area contributed by atoms with Crippen LogP contribution in [0.2, 0.25) is 5.02 Å². The predicted octanol–water partition coefficient (Wildman–Crippen LogP) is 2.86. The molecule has 0 heterocycles. The molecule has 0 aliphatic heterocycles. The first kappa shape index (κ1) is 13.8. The standard InChI is InChI=1S/C10H8ClF4NO/c11-7-3-1-6(2-4-7)5-16-9(17)10(14,15)8(12)13/h1-4,8H,5H2,(H,16,17). The van der Waals surface area contributed by atoms with Crippen LogP contribution in [0, 0.1) is 0 Å². The van der Waals surface area contributed by atoms with Crippen LogP contribution >= 0.6 is 11.6 Å². The van der Waals surface area contributed by atoms with Gasteiger partial charge in [-0.2, -0.15) is 8.78 Å². The molecular formula is C10H8ClF4NO. The summed E-state index contributed by atoms with van der Waals surface area (Å²) >= 11 is 5.58. The lowest BCUT2D eigenvalue weighted by molar-refractivity contribution is -0.169. The Kier molecular flexibility index (Phi) is 4.34. The first-order chi connectivity index (χ1) is 7.84. The summed E-state index contributed by atoms with van der Waals surface area (Å²) in [6.07, 6.45) is -4.02. The normalized spacial score (nSPS) is 11.6. The number of rotatable bonds is 4. The number of benzene rings is 1. The lowest BCUT2D eigenvalue weighted by Crippen LogP contribution is -2.44. The summed E-state index contributed by atoms with van der Waals surface area (Å²) in [5, 5.41) is 2.17. The quantitative estimate of drug-likeness (QED) is 0.837. The van der Waals surface area contributed by atoms with Gasteiger partial charge < -0.3 is 5.32 Å². The topological polar surface area (TPSA) is 29.1 Å². The first-order valence-electron chi connectivity index (χ1n) is 4.52. The van der Waals surface area contributed by atoms with Crippen molar-refractivity contribution in [2.75, 3.05) is 0 Å². The van der Waals surface area contributed by atoms with Crippen LogP contribution in [-0.4, -0.2) is 18.3 Å². The van der Waals surface area contributed by atoms with Crippen molar-refractivity contribution in [3.63, 3.8) is 0 Å². The van der Waals surface area contributed by atoms with Crippen molar-refractivity contribution in [3.8, 4) is 0 Å². The van der Waals surface area contributed by atoms with Crippen LogP contribution in [0.1, 0.15) is 5.56 Å². The van der Waals surface area contributed by atoms with Crippen LogP contribution in [0.4, 0.5) is 17.6 Å². The molecule has 0 unspecified atom stereocenters. The highest BCUT2D eigenvalue weighted by molar-refractivity contribution is 6.30.